The van der Waals surface area contributed by atoms with Crippen LogP contribution in [0.4, 0.5) is 0 Å². The molecule has 0 saturated carbocycles. The van der Waals surface area contributed by atoms with Crippen molar-refractivity contribution in [1.82, 2.24) is 14.5 Å². The van der Waals surface area contributed by atoms with Crippen molar-refractivity contribution in [2.24, 2.45) is 0 Å². The van der Waals surface area contributed by atoms with Gasteiger partial charge in [0.05, 0.1) is 11.0 Å². The first kappa shape index (κ1) is 19.2. The highest BCUT2D eigenvalue weighted by Crippen LogP contribution is 2.31. The molecule has 0 bridgehead atoms. The number of carbonyl (C=O) groups is 1. The third kappa shape index (κ3) is 3.98. The van der Waals surface area contributed by atoms with Gasteiger partial charge in [0, 0.05) is 29.2 Å². The third-order valence-corrected chi connectivity index (χ3v) is 5.99. The number of imidazole rings is 1. The average Bonchev–Trinajstić information content (AvgIpc) is 3.35. The van der Waals surface area contributed by atoms with Gasteiger partial charge < -0.3 is 14.7 Å². The Morgan fingerprint density at radius 1 is 1.00 bits per heavy atom. The number of thioether (sulfide) groups is 1. The van der Waals surface area contributed by atoms with Crippen LogP contribution >= 0.6 is 11.8 Å². The van der Waals surface area contributed by atoms with Crippen molar-refractivity contribution in [2.45, 2.75) is 11.7 Å². The van der Waals surface area contributed by atoms with E-state index in [1.54, 1.807) is 6.08 Å². The number of H-pyrrole nitrogens is 1. The number of nitrogens with zero attached hydrogens (tertiary/aromatic N) is 2. The summed E-state index contributed by atoms with van der Waals surface area (Å²) in [5.41, 5.74) is 4.82. The monoisotopic (exact) mass is 425 g/mol. The summed E-state index contributed by atoms with van der Waals surface area (Å²) in [6.45, 7) is 0.717. The van der Waals surface area contributed by atoms with Gasteiger partial charge in [-0.3, -0.25) is 0 Å². The van der Waals surface area contributed by atoms with Crippen molar-refractivity contribution in [1.29, 1.82) is 0 Å². The summed E-state index contributed by atoms with van der Waals surface area (Å²) in [6.07, 6.45) is 3.74. The highest BCUT2D eigenvalue weighted by molar-refractivity contribution is 8.04. The molecule has 0 spiro atoms. The van der Waals surface area contributed by atoms with Gasteiger partial charge in [-0.1, -0.05) is 60.7 Å². The average molecular weight is 426 g/mol. The molecule has 0 aliphatic rings. The minimum atomic E-state index is -0.981. The van der Waals surface area contributed by atoms with E-state index < -0.39 is 5.97 Å². The summed E-state index contributed by atoms with van der Waals surface area (Å²) in [4.78, 5) is 19.9. The van der Waals surface area contributed by atoms with Gasteiger partial charge in [-0.05, 0) is 41.6 Å². The fourth-order valence-corrected chi connectivity index (χ4v) is 4.45. The van der Waals surface area contributed by atoms with Gasteiger partial charge in [-0.2, -0.15) is 0 Å². The van der Waals surface area contributed by atoms with Crippen LogP contribution in [0.5, 0.6) is 0 Å². The number of fused-ring (bicyclic) bond motifs is 2. The molecule has 0 fully saturated rings. The Kier molecular flexibility index (Phi) is 5.06. The molecule has 2 heterocycles. The Bertz CT molecular complexity index is 1380. The van der Waals surface area contributed by atoms with Crippen LogP contribution in [0.2, 0.25) is 0 Å². The lowest BCUT2D eigenvalue weighted by molar-refractivity contribution is -0.131. The molecular formula is C25H19N3O2S. The first-order valence-corrected chi connectivity index (χ1v) is 10.7. The van der Waals surface area contributed by atoms with E-state index in [9.17, 15) is 9.90 Å². The highest BCUT2D eigenvalue weighted by Gasteiger charge is 2.15. The zero-order valence-electron chi connectivity index (χ0n) is 16.5. The molecule has 0 atom stereocenters. The van der Waals surface area contributed by atoms with Gasteiger partial charge in [0.25, 0.3) is 0 Å². The van der Waals surface area contributed by atoms with Crippen LogP contribution in [0.1, 0.15) is 11.1 Å². The second-order valence-corrected chi connectivity index (χ2v) is 8.22. The molecule has 3 aromatic carbocycles. The number of carboxylic acid groups (broad SMARTS) is 1. The summed E-state index contributed by atoms with van der Waals surface area (Å²) in [6, 6.07) is 25.9. The predicted molar refractivity (Wildman–Crippen MR) is 125 cm³/mol. The summed E-state index contributed by atoms with van der Waals surface area (Å²) < 4.78 is 2.15. The highest BCUT2D eigenvalue weighted by atomic mass is 32.2. The number of hydrogen-bond acceptors (Lipinski definition) is 3. The van der Waals surface area contributed by atoms with Crippen molar-refractivity contribution in [3.63, 3.8) is 0 Å². The van der Waals surface area contributed by atoms with Gasteiger partial charge in [-0.25, -0.2) is 9.78 Å². The third-order valence-electron chi connectivity index (χ3n) is 5.09. The van der Waals surface area contributed by atoms with Crippen molar-refractivity contribution >= 4 is 45.7 Å². The van der Waals surface area contributed by atoms with Gasteiger partial charge in [0.1, 0.15) is 4.91 Å². The normalized spacial score (nSPS) is 11.9. The van der Waals surface area contributed by atoms with E-state index in [0.717, 1.165) is 39.3 Å². The molecule has 6 heteroatoms. The molecule has 5 aromatic rings. The first-order valence-electron chi connectivity index (χ1n) is 9.87. The summed E-state index contributed by atoms with van der Waals surface area (Å²) in [7, 11) is 0. The number of para-hydroxylation sites is 3. The Morgan fingerprint density at radius 2 is 1.74 bits per heavy atom. The molecule has 0 radical (unpaired) electrons. The van der Waals surface area contributed by atoms with E-state index in [1.807, 2.05) is 66.9 Å². The zero-order chi connectivity index (χ0) is 21.2. The summed E-state index contributed by atoms with van der Waals surface area (Å²) in [5, 5.41) is 11.4. The lowest BCUT2D eigenvalue weighted by Gasteiger charge is -2.05. The van der Waals surface area contributed by atoms with Crippen molar-refractivity contribution < 1.29 is 9.90 Å². The molecule has 0 unspecified atom stereocenters. The maximum Gasteiger partial charge on any atom is 0.342 e. The molecule has 2 aromatic heterocycles. The lowest BCUT2D eigenvalue weighted by atomic mass is 10.1. The van der Waals surface area contributed by atoms with Crippen molar-refractivity contribution in [2.75, 3.05) is 0 Å². The van der Waals surface area contributed by atoms with E-state index in [2.05, 4.69) is 32.7 Å². The number of aromatic amines is 1. The standard InChI is InChI=1S/C25H19N3O2S/c29-24(30)23(31-25-26-20-11-5-6-12-21(20)27-25)14-18-16-28(15-17-8-2-1-3-9-17)22-13-7-4-10-19(18)22/h1-14,16H,15H2,(H,26,27)(H,29,30)/b23-14-. The van der Waals surface area contributed by atoms with Gasteiger partial charge in [0.15, 0.2) is 5.16 Å². The van der Waals surface area contributed by atoms with Crippen LogP contribution in [0.3, 0.4) is 0 Å². The van der Waals surface area contributed by atoms with Crippen LogP contribution in [0, 0.1) is 0 Å². The maximum absolute atomic E-state index is 12.0. The lowest BCUT2D eigenvalue weighted by Crippen LogP contribution is -1.98. The van der Waals surface area contributed by atoms with E-state index in [-0.39, 0.29) is 4.91 Å². The van der Waals surface area contributed by atoms with E-state index in [1.165, 1.54) is 5.56 Å². The van der Waals surface area contributed by atoms with E-state index in [4.69, 9.17) is 0 Å². The second-order valence-electron chi connectivity index (χ2n) is 7.19. The fraction of sp³-hybridized carbons (Fsp3) is 0.0400. The Labute approximate surface area is 183 Å². The topological polar surface area (TPSA) is 70.9 Å². The molecule has 2 N–H and O–H groups in total. The molecule has 0 amide bonds. The molecule has 5 nitrogen and oxygen atoms in total. The van der Waals surface area contributed by atoms with Crippen molar-refractivity contribution in [3.8, 4) is 0 Å². The molecule has 152 valence electrons. The molecule has 0 aliphatic heterocycles. The maximum atomic E-state index is 12.0. The second kappa shape index (κ2) is 8.16. The van der Waals surface area contributed by atoms with E-state index in [0.29, 0.717) is 11.7 Å². The number of hydrogen-bond donors (Lipinski definition) is 2. The van der Waals surface area contributed by atoms with Gasteiger partial charge >= 0.3 is 5.97 Å². The molecule has 31 heavy (non-hydrogen) atoms. The molecule has 5 rings (SSSR count). The number of rotatable bonds is 6. The number of benzene rings is 3. The minimum absolute atomic E-state index is 0.210. The largest absolute Gasteiger partial charge is 0.477 e. The zero-order valence-corrected chi connectivity index (χ0v) is 17.3. The van der Waals surface area contributed by atoms with Crippen LogP contribution in [-0.4, -0.2) is 25.6 Å². The summed E-state index contributed by atoms with van der Waals surface area (Å²) in [5.74, 6) is -0.981. The first-order chi connectivity index (χ1) is 15.2. The van der Waals surface area contributed by atoms with Gasteiger partial charge in [0.2, 0.25) is 0 Å². The SMILES string of the molecule is O=C(O)/C(=C/c1cn(Cc2ccccc2)c2ccccc12)Sc1nc2ccccc2[nH]1. The van der Waals surface area contributed by atoms with Gasteiger partial charge in [-0.15, -0.1) is 0 Å². The van der Waals surface area contributed by atoms with E-state index >= 15 is 0 Å². The molecule has 0 saturated heterocycles. The Hall–Kier alpha value is -3.77. The smallest absolute Gasteiger partial charge is 0.342 e. The molecule has 0 aliphatic carbocycles. The van der Waals surface area contributed by atoms with Crippen LogP contribution < -0.4 is 0 Å². The Morgan fingerprint density at radius 3 is 2.55 bits per heavy atom. The molecular weight excluding hydrogens is 406 g/mol. The Balaban J connectivity index is 1.54. The van der Waals surface area contributed by atoms with Crippen molar-refractivity contribution in [3.05, 3.63) is 101 Å². The predicted octanol–water partition coefficient (Wildman–Crippen LogP) is 5.78. The van der Waals surface area contributed by atoms with Crippen LogP contribution in [0.15, 0.2) is 95.1 Å². The van der Waals surface area contributed by atoms with Crippen LogP contribution in [-0.2, 0) is 11.3 Å². The number of nitrogens with one attached hydrogen (secondary N) is 1. The fourth-order valence-electron chi connectivity index (χ4n) is 3.66. The minimum Gasteiger partial charge on any atom is -0.477 e. The summed E-state index contributed by atoms with van der Waals surface area (Å²) >= 11 is 1.12. The quantitative estimate of drug-likeness (QED) is 0.267. The number of carboxylic acids is 1. The van der Waals surface area contributed by atoms with Crippen LogP contribution in [0.25, 0.3) is 28.0 Å². The number of aromatic nitrogens is 3. The number of aliphatic carboxylic acids is 1.